The number of carbonyl (C=O) groups is 1. The maximum absolute atomic E-state index is 13.3. The van der Waals surface area contributed by atoms with Gasteiger partial charge in [0.15, 0.2) is 0 Å². The van der Waals surface area contributed by atoms with Crippen LogP contribution >= 0.6 is 0 Å². The first kappa shape index (κ1) is 17.9. The minimum Gasteiger partial charge on any atom is -0.343 e. The number of pyridine rings is 1. The van der Waals surface area contributed by atoms with Crippen molar-refractivity contribution in [2.24, 2.45) is 13.0 Å². The molecule has 2 atom stereocenters. The molecule has 2 unspecified atom stereocenters. The van der Waals surface area contributed by atoms with Crippen LogP contribution in [0.2, 0.25) is 0 Å². The molecule has 0 saturated heterocycles. The molecule has 0 aliphatic heterocycles. The van der Waals surface area contributed by atoms with E-state index in [4.69, 9.17) is 5.26 Å². The number of alkyl halides is 1. The average molecular weight is 378 g/mol. The largest absolute Gasteiger partial charge is 0.343 e. The number of halogens is 1. The lowest BCUT2D eigenvalue weighted by Gasteiger charge is -2.22. The van der Waals surface area contributed by atoms with Gasteiger partial charge in [0.05, 0.1) is 35.3 Å². The van der Waals surface area contributed by atoms with Crippen molar-refractivity contribution < 1.29 is 9.18 Å². The van der Waals surface area contributed by atoms with Crippen molar-refractivity contribution in [3.63, 3.8) is 0 Å². The van der Waals surface area contributed by atoms with Gasteiger partial charge in [-0.05, 0) is 37.1 Å². The van der Waals surface area contributed by atoms with Gasteiger partial charge in [-0.2, -0.15) is 5.26 Å². The number of anilines is 3. The first-order valence-corrected chi connectivity index (χ1v) is 8.89. The SMILES string of the molecule is Cc1cc(C#N)ncc1N(C)c1cc(NC(=O)C2CC2F)c2ncn(C)c2c1. The number of fused-ring (bicyclic) bond motifs is 1. The molecular weight excluding hydrogens is 359 g/mol. The Morgan fingerprint density at radius 1 is 1.39 bits per heavy atom. The molecule has 1 aliphatic rings. The van der Waals surface area contributed by atoms with E-state index >= 15 is 0 Å². The molecule has 2 heterocycles. The number of hydrogen-bond donors (Lipinski definition) is 1. The molecule has 28 heavy (non-hydrogen) atoms. The van der Waals surface area contributed by atoms with Crippen molar-refractivity contribution in [3.8, 4) is 6.07 Å². The molecule has 1 saturated carbocycles. The first-order valence-electron chi connectivity index (χ1n) is 8.89. The normalized spacial score (nSPS) is 18.0. The number of imidazole rings is 1. The summed E-state index contributed by atoms with van der Waals surface area (Å²) >= 11 is 0. The summed E-state index contributed by atoms with van der Waals surface area (Å²) < 4.78 is 15.1. The smallest absolute Gasteiger partial charge is 0.230 e. The molecule has 1 N–H and O–H groups in total. The predicted molar refractivity (Wildman–Crippen MR) is 104 cm³/mol. The molecule has 2 aromatic heterocycles. The van der Waals surface area contributed by atoms with Gasteiger partial charge in [-0.3, -0.25) is 4.79 Å². The standard InChI is InChI=1S/C20H19FN6O/c1-11-4-12(8-22)23-9-18(11)27(3)13-5-16(25-20(28)14-7-15(14)21)19-17(6-13)26(2)10-24-19/h4-6,9-10,14-15H,7H2,1-3H3,(H,25,28). The van der Waals surface area contributed by atoms with Crippen LogP contribution < -0.4 is 10.2 Å². The number of carbonyl (C=O) groups excluding carboxylic acids is 1. The number of benzene rings is 1. The molecule has 0 spiro atoms. The van der Waals surface area contributed by atoms with Crippen molar-refractivity contribution in [3.05, 3.63) is 42.0 Å². The van der Waals surface area contributed by atoms with Crippen LogP contribution in [0.4, 0.5) is 21.5 Å². The fourth-order valence-corrected chi connectivity index (χ4v) is 3.27. The molecule has 0 radical (unpaired) electrons. The number of rotatable bonds is 4. The van der Waals surface area contributed by atoms with Crippen LogP contribution in [-0.4, -0.2) is 33.7 Å². The summed E-state index contributed by atoms with van der Waals surface area (Å²) in [6, 6.07) is 7.54. The van der Waals surface area contributed by atoms with Gasteiger partial charge in [0, 0.05) is 19.8 Å². The van der Waals surface area contributed by atoms with Gasteiger partial charge in [-0.1, -0.05) is 0 Å². The minimum absolute atomic E-state index is 0.271. The van der Waals surface area contributed by atoms with Crippen LogP contribution in [0.1, 0.15) is 17.7 Å². The predicted octanol–water partition coefficient (Wildman–Crippen LogP) is 3.21. The van der Waals surface area contributed by atoms with E-state index in [1.54, 1.807) is 18.6 Å². The quantitative estimate of drug-likeness (QED) is 0.753. The number of nitrogens with zero attached hydrogens (tertiary/aromatic N) is 5. The second-order valence-electron chi connectivity index (χ2n) is 7.09. The molecule has 1 aromatic carbocycles. The van der Waals surface area contributed by atoms with E-state index in [-0.39, 0.29) is 12.3 Å². The van der Waals surface area contributed by atoms with Gasteiger partial charge in [0.1, 0.15) is 23.5 Å². The van der Waals surface area contributed by atoms with Crippen molar-refractivity contribution in [1.82, 2.24) is 14.5 Å². The van der Waals surface area contributed by atoms with Gasteiger partial charge in [0.25, 0.3) is 0 Å². The van der Waals surface area contributed by atoms with E-state index in [1.165, 1.54) is 0 Å². The summed E-state index contributed by atoms with van der Waals surface area (Å²) in [5, 5.41) is 11.9. The second kappa shape index (κ2) is 6.60. The Morgan fingerprint density at radius 3 is 2.79 bits per heavy atom. The monoisotopic (exact) mass is 378 g/mol. The molecule has 142 valence electrons. The third-order valence-corrected chi connectivity index (χ3v) is 5.07. The van der Waals surface area contributed by atoms with Crippen molar-refractivity contribution in [1.29, 1.82) is 5.26 Å². The van der Waals surface area contributed by atoms with E-state index in [9.17, 15) is 9.18 Å². The Kier molecular flexibility index (Phi) is 4.23. The second-order valence-corrected chi connectivity index (χ2v) is 7.09. The lowest BCUT2D eigenvalue weighted by Crippen LogP contribution is -2.17. The zero-order valence-electron chi connectivity index (χ0n) is 15.8. The highest BCUT2D eigenvalue weighted by atomic mass is 19.1. The number of hydrogen-bond acceptors (Lipinski definition) is 5. The summed E-state index contributed by atoms with van der Waals surface area (Å²) in [7, 11) is 3.76. The molecule has 7 nitrogen and oxygen atoms in total. The molecule has 0 bridgehead atoms. The highest BCUT2D eigenvalue weighted by Crippen LogP contribution is 2.37. The van der Waals surface area contributed by atoms with Gasteiger partial charge < -0.3 is 14.8 Å². The number of nitriles is 1. The Balaban J connectivity index is 1.75. The summed E-state index contributed by atoms with van der Waals surface area (Å²) in [6.45, 7) is 1.91. The molecule has 8 heteroatoms. The fraction of sp³-hybridized carbons (Fsp3) is 0.300. The Hall–Kier alpha value is -3.47. The highest BCUT2D eigenvalue weighted by Gasteiger charge is 2.43. The summed E-state index contributed by atoms with van der Waals surface area (Å²) in [6.07, 6.45) is 2.54. The van der Waals surface area contributed by atoms with Gasteiger partial charge in [0.2, 0.25) is 5.91 Å². The average Bonchev–Trinajstić information content (AvgIpc) is 3.30. The van der Waals surface area contributed by atoms with E-state index in [1.807, 2.05) is 48.7 Å². The zero-order valence-corrected chi connectivity index (χ0v) is 15.8. The van der Waals surface area contributed by atoms with Crippen molar-refractivity contribution >= 4 is 34.0 Å². The third-order valence-electron chi connectivity index (χ3n) is 5.07. The molecule has 3 aromatic rings. The van der Waals surface area contributed by atoms with Gasteiger partial charge in [-0.25, -0.2) is 14.4 Å². The van der Waals surface area contributed by atoms with E-state index in [2.05, 4.69) is 15.3 Å². The van der Waals surface area contributed by atoms with Crippen molar-refractivity contribution in [2.45, 2.75) is 19.5 Å². The number of aromatic nitrogens is 3. The van der Waals surface area contributed by atoms with Crippen LogP contribution in [0.25, 0.3) is 11.0 Å². The lowest BCUT2D eigenvalue weighted by molar-refractivity contribution is -0.117. The molecule has 1 fully saturated rings. The summed E-state index contributed by atoms with van der Waals surface area (Å²) in [5.74, 6) is -0.902. The van der Waals surface area contributed by atoms with Crippen LogP contribution in [0.5, 0.6) is 0 Å². The number of amides is 1. The van der Waals surface area contributed by atoms with Crippen LogP contribution in [0.15, 0.2) is 30.7 Å². The Morgan fingerprint density at radius 2 is 2.14 bits per heavy atom. The Bertz CT molecular complexity index is 1130. The van der Waals surface area contributed by atoms with Gasteiger partial charge >= 0.3 is 0 Å². The van der Waals surface area contributed by atoms with Gasteiger partial charge in [-0.15, -0.1) is 0 Å². The summed E-state index contributed by atoms with van der Waals surface area (Å²) in [5.41, 5.74) is 4.95. The van der Waals surface area contributed by atoms with E-state index in [0.29, 0.717) is 16.9 Å². The van der Waals surface area contributed by atoms with Crippen LogP contribution in [0.3, 0.4) is 0 Å². The van der Waals surface area contributed by atoms with Crippen LogP contribution in [-0.2, 0) is 11.8 Å². The molecule has 4 rings (SSSR count). The number of aryl methyl sites for hydroxylation is 2. The Labute approximate surface area is 161 Å². The minimum atomic E-state index is -1.06. The fourth-order valence-electron chi connectivity index (χ4n) is 3.27. The lowest BCUT2D eigenvalue weighted by atomic mass is 10.1. The zero-order chi connectivity index (χ0) is 20.0. The number of nitrogens with one attached hydrogen (secondary N) is 1. The first-order chi connectivity index (χ1) is 13.4. The summed E-state index contributed by atoms with van der Waals surface area (Å²) in [4.78, 5) is 22.7. The van der Waals surface area contributed by atoms with Crippen molar-refractivity contribution in [2.75, 3.05) is 17.3 Å². The molecule has 1 amide bonds. The topological polar surface area (TPSA) is 86.8 Å². The molecule has 1 aliphatic carbocycles. The van der Waals surface area contributed by atoms with E-state index < -0.39 is 12.1 Å². The maximum Gasteiger partial charge on any atom is 0.230 e. The van der Waals surface area contributed by atoms with E-state index in [0.717, 1.165) is 22.5 Å². The van der Waals surface area contributed by atoms with Crippen LogP contribution in [0, 0.1) is 24.2 Å². The maximum atomic E-state index is 13.3. The highest BCUT2D eigenvalue weighted by molar-refractivity contribution is 6.03. The third kappa shape index (κ3) is 3.05. The molecular formula is C20H19FN6O.